The molecule has 1 N–H and O–H groups in total. The minimum Gasteiger partial charge on any atom is -0.451 e. The summed E-state index contributed by atoms with van der Waals surface area (Å²) in [6.07, 6.45) is -6.38. The van der Waals surface area contributed by atoms with E-state index < -0.39 is 51.9 Å². The third kappa shape index (κ3) is 7.96. The molecule has 0 spiro atoms. The molecular weight excluding hydrogens is 657 g/mol. The van der Waals surface area contributed by atoms with E-state index in [2.05, 4.69) is 52.5 Å². The van der Waals surface area contributed by atoms with Gasteiger partial charge in [0.1, 0.15) is 5.75 Å². The summed E-state index contributed by atoms with van der Waals surface area (Å²) in [4.78, 5) is 25.5. The molecule has 1 fully saturated rings. The quantitative estimate of drug-likeness (QED) is 0.185. The first-order valence-corrected chi connectivity index (χ1v) is 13.3. The van der Waals surface area contributed by atoms with E-state index in [1.165, 1.54) is 0 Å². The van der Waals surface area contributed by atoms with Crippen LogP contribution >= 0.6 is 47.8 Å². The average molecular weight is 675 g/mol. The summed E-state index contributed by atoms with van der Waals surface area (Å²) in [6.45, 7) is 0. The van der Waals surface area contributed by atoms with Gasteiger partial charge in [-0.15, -0.1) is 0 Å². The molecule has 3 unspecified atom stereocenters. The van der Waals surface area contributed by atoms with Crippen LogP contribution in [0.2, 0.25) is 0 Å². The lowest BCUT2D eigenvalue weighted by Crippen LogP contribution is -2.42. The van der Waals surface area contributed by atoms with E-state index in [4.69, 9.17) is 9.29 Å². The maximum Gasteiger partial charge on any atom is 0.426 e. The van der Waals surface area contributed by atoms with Gasteiger partial charge in [0.25, 0.3) is 10.1 Å². The van der Waals surface area contributed by atoms with Gasteiger partial charge in [-0.2, -0.15) is 21.6 Å². The predicted octanol–water partition coefficient (Wildman–Crippen LogP) is 5.44. The number of rotatable bonds is 6. The van der Waals surface area contributed by atoms with Crippen LogP contribution in [0.1, 0.15) is 32.1 Å². The van der Waals surface area contributed by atoms with Crippen LogP contribution in [-0.4, -0.2) is 42.9 Å². The molecule has 7 nitrogen and oxygen atoms in total. The Balaban J connectivity index is 2.26. The minimum atomic E-state index is -5.22. The van der Waals surface area contributed by atoms with Gasteiger partial charge in [0.2, 0.25) is 6.10 Å². The third-order valence-corrected chi connectivity index (χ3v) is 7.13. The number of carbonyl (C=O) groups is 2. The highest BCUT2D eigenvalue weighted by molar-refractivity contribution is 9.11. The molecule has 1 aliphatic rings. The Morgan fingerprint density at radius 1 is 1.03 bits per heavy atom. The van der Waals surface area contributed by atoms with Crippen LogP contribution in [0.15, 0.2) is 25.6 Å². The number of alkyl halides is 3. The molecule has 180 valence electrons. The predicted molar refractivity (Wildman–Crippen MR) is 118 cm³/mol. The lowest BCUT2D eigenvalue weighted by molar-refractivity contribution is -0.218. The zero-order valence-electron chi connectivity index (χ0n) is 16.2. The molecule has 1 aromatic carbocycles. The molecule has 0 aromatic heterocycles. The van der Waals surface area contributed by atoms with Crippen molar-refractivity contribution in [3.8, 4) is 5.75 Å². The first-order valence-electron chi connectivity index (χ1n) is 9.27. The van der Waals surface area contributed by atoms with Gasteiger partial charge in [0.15, 0.2) is 5.75 Å². The lowest BCUT2D eigenvalue weighted by atomic mass is 9.88. The second kappa shape index (κ2) is 11.2. The maximum absolute atomic E-state index is 13.2. The Labute approximate surface area is 207 Å². The summed E-state index contributed by atoms with van der Waals surface area (Å²) >= 11 is 9.79. The van der Waals surface area contributed by atoms with Crippen molar-refractivity contribution >= 4 is 69.8 Å². The van der Waals surface area contributed by atoms with E-state index in [1.54, 1.807) is 12.1 Å². The van der Waals surface area contributed by atoms with Crippen molar-refractivity contribution in [1.82, 2.24) is 0 Å². The first kappa shape index (κ1) is 27.5. The SMILES string of the molecule is O=C(Oc1c(Br)cc(Br)cc1Br)C1CCCCCC1C(=O)OC(CS(=O)(=O)O)C(F)(F)F. The van der Waals surface area contributed by atoms with Crippen molar-refractivity contribution in [2.24, 2.45) is 11.8 Å². The zero-order valence-corrected chi connectivity index (χ0v) is 21.8. The zero-order chi connectivity index (χ0) is 24.3. The van der Waals surface area contributed by atoms with Gasteiger partial charge in [0.05, 0.1) is 20.8 Å². The maximum atomic E-state index is 13.2. The molecule has 0 saturated heterocycles. The summed E-state index contributed by atoms with van der Waals surface area (Å²) in [5.41, 5.74) is 0. The van der Waals surface area contributed by atoms with Gasteiger partial charge >= 0.3 is 18.1 Å². The van der Waals surface area contributed by atoms with E-state index in [0.717, 1.165) is 0 Å². The second-order valence-corrected chi connectivity index (χ2v) is 11.3. The van der Waals surface area contributed by atoms with E-state index in [0.29, 0.717) is 32.7 Å². The van der Waals surface area contributed by atoms with Gasteiger partial charge in [-0.3, -0.25) is 14.1 Å². The first-order chi connectivity index (χ1) is 14.7. The fourth-order valence-corrected chi connectivity index (χ4v) is 6.35. The Morgan fingerprint density at radius 2 is 1.53 bits per heavy atom. The molecule has 0 aliphatic heterocycles. The normalized spacial score (nSPS) is 20.8. The Kier molecular flexibility index (Phi) is 9.60. The van der Waals surface area contributed by atoms with Crippen LogP contribution in [0.25, 0.3) is 0 Å². The molecule has 3 atom stereocenters. The molecule has 0 amide bonds. The van der Waals surface area contributed by atoms with Crippen molar-refractivity contribution in [3.63, 3.8) is 0 Å². The molecule has 0 radical (unpaired) electrons. The van der Waals surface area contributed by atoms with Crippen LogP contribution in [0, 0.1) is 11.8 Å². The summed E-state index contributed by atoms with van der Waals surface area (Å²) in [5.74, 6) is -6.24. The van der Waals surface area contributed by atoms with Crippen LogP contribution in [0.4, 0.5) is 13.2 Å². The number of hydrogen-bond acceptors (Lipinski definition) is 6. The van der Waals surface area contributed by atoms with Gasteiger partial charge in [-0.1, -0.05) is 35.2 Å². The number of halogens is 6. The average Bonchev–Trinajstić information content (AvgIpc) is 2.88. The Hall–Kier alpha value is -0.700. The molecule has 0 bridgehead atoms. The standard InChI is InChI=1S/C18H18Br3F3O7S/c19-9-6-12(20)15(13(21)7-9)31-17(26)11-5-3-1-2-4-10(11)16(25)30-14(18(22,23)24)8-32(27,28)29/h6-7,10-11,14H,1-5,8H2,(H,27,28,29). The molecule has 32 heavy (non-hydrogen) atoms. The highest BCUT2D eigenvalue weighted by Gasteiger charge is 2.47. The van der Waals surface area contributed by atoms with Crippen molar-refractivity contribution < 1.29 is 45.2 Å². The fraction of sp³-hybridized carbons (Fsp3) is 0.556. The largest absolute Gasteiger partial charge is 0.451 e. The number of hydrogen-bond donors (Lipinski definition) is 1. The van der Waals surface area contributed by atoms with Crippen LogP contribution < -0.4 is 4.74 Å². The summed E-state index contributed by atoms with van der Waals surface area (Å²) in [7, 11) is -5.08. The summed E-state index contributed by atoms with van der Waals surface area (Å²) in [6, 6.07) is 3.24. The van der Waals surface area contributed by atoms with Crippen molar-refractivity contribution in [1.29, 1.82) is 0 Å². The number of benzene rings is 1. The molecule has 1 aromatic rings. The summed E-state index contributed by atoms with van der Waals surface area (Å²) < 4.78 is 81.6. The van der Waals surface area contributed by atoms with E-state index in [1.807, 2.05) is 0 Å². The smallest absolute Gasteiger partial charge is 0.426 e. The molecular formula is C18H18Br3F3O7S. The fourth-order valence-electron chi connectivity index (χ4n) is 3.29. The minimum absolute atomic E-state index is 0.0672. The van der Waals surface area contributed by atoms with Crippen molar-refractivity contribution in [2.45, 2.75) is 44.4 Å². The Morgan fingerprint density at radius 3 is 2.00 bits per heavy atom. The molecule has 14 heteroatoms. The van der Waals surface area contributed by atoms with Crippen LogP contribution in [-0.2, 0) is 24.4 Å². The molecule has 1 aliphatic carbocycles. The van der Waals surface area contributed by atoms with E-state index in [9.17, 15) is 31.2 Å². The Bertz CT molecular complexity index is 946. The van der Waals surface area contributed by atoms with Crippen LogP contribution in [0.5, 0.6) is 5.75 Å². The van der Waals surface area contributed by atoms with Gasteiger partial charge in [-0.25, -0.2) is 0 Å². The van der Waals surface area contributed by atoms with E-state index >= 15 is 0 Å². The summed E-state index contributed by atoms with van der Waals surface area (Å²) in [5, 5.41) is 0. The monoisotopic (exact) mass is 672 g/mol. The topological polar surface area (TPSA) is 107 Å². The van der Waals surface area contributed by atoms with Gasteiger partial charge < -0.3 is 9.47 Å². The van der Waals surface area contributed by atoms with Crippen molar-refractivity contribution in [2.75, 3.05) is 5.75 Å². The molecule has 1 saturated carbocycles. The molecule has 2 rings (SSSR count). The van der Waals surface area contributed by atoms with Gasteiger partial charge in [0, 0.05) is 4.47 Å². The second-order valence-electron chi connectivity index (χ2n) is 7.19. The van der Waals surface area contributed by atoms with E-state index in [-0.39, 0.29) is 18.6 Å². The lowest BCUT2D eigenvalue weighted by Gasteiger charge is -2.26. The number of esters is 2. The third-order valence-electron chi connectivity index (χ3n) is 4.77. The highest BCUT2D eigenvalue weighted by atomic mass is 79.9. The number of carbonyl (C=O) groups excluding carboxylic acids is 2. The highest BCUT2D eigenvalue weighted by Crippen LogP contribution is 2.39. The van der Waals surface area contributed by atoms with Crippen LogP contribution in [0.3, 0.4) is 0 Å². The molecule has 0 heterocycles. The van der Waals surface area contributed by atoms with Gasteiger partial charge in [-0.05, 0) is 56.8 Å². The number of ether oxygens (including phenoxy) is 2. The van der Waals surface area contributed by atoms with Crippen molar-refractivity contribution in [3.05, 3.63) is 25.6 Å².